The van der Waals surface area contributed by atoms with E-state index in [9.17, 15) is 4.79 Å². The van der Waals surface area contributed by atoms with Crippen LogP contribution in [0.1, 0.15) is 18.9 Å². The fraction of sp³-hybridized carbons (Fsp3) is 0.500. The van der Waals surface area contributed by atoms with Crippen LogP contribution < -0.4 is 10.6 Å². The van der Waals surface area contributed by atoms with E-state index >= 15 is 0 Å². The molecule has 1 unspecified atom stereocenters. The fourth-order valence-corrected chi connectivity index (χ4v) is 1.67. The zero-order valence-corrected chi connectivity index (χ0v) is 11.3. The third-order valence-corrected chi connectivity index (χ3v) is 2.83. The molecule has 0 radical (unpaired) electrons. The van der Waals surface area contributed by atoms with Crippen molar-refractivity contribution >= 4 is 11.6 Å². The van der Waals surface area contributed by atoms with Gasteiger partial charge < -0.3 is 15.4 Å². The molecular weight excluding hydrogens is 228 g/mol. The second kappa shape index (κ2) is 7.84. The summed E-state index contributed by atoms with van der Waals surface area (Å²) in [5.74, 6) is -0.0288. The molecule has 4 nitrogen and oxygen atoms in total. The molecule has 0 aliphatic heterocycles. The smallest absolute Gasteiger partial charge is 0.238 e. The van der Waals surface area contributed by atoms with Crippen LogP contribution in [0.4, 0.5) is 5.69 Å². The predicted octanol–water partition coefficient (Wildman–Crippen LogP) is 1.95. The fourth-order valence-electron chi connectivity index (χ4n) is 1.67. The molecule has 0 saturated carbocycles. The molecule has 0 aliphatic carbocycles. The lowest BCUT2D eigenvalue weighted by Crippen LogP contribution is -2.38. The van der Waals surface area contributed by atoms with E-state index in [2.05, 4.69) is 17.6 Å². The molecule has 1 aromatic rings. The van der Waals surface area contributed by atoms with E-state index in [4.69, 9.17) is 4.74 Å². The minimum Gasteiger partial charge on any atom is -0.383 e. The molecule has 0 saturated heterocycles. The molecule has 1 aromatic carbocycles. The summed E-state index contributed by atoms with van der Waals surface area (Å²) in [7, 11) is 1.66. The molecule has 1 atom stereocenters. The third kappa shape index (κ3) is 4.85. The monoisotopic (exact) mass is 250 g/mol. The van der Waals surface area contributed by atoms with E-state index in [-0.39, 0.29) is 11.9 Å². The van der Waals surface area contributed by atoms with Crippen LogP contribution in [0.25, 0.3) is 0 Å². The molecule has 1 amide bonds. The van der Waals surface area contributed by atoms with E-state index < -0.39 is 0 Å². The number of carbonyl (C=O) groups excluding carboxylic acids is 1. The highest BCUT2D eigenvalue weighted by Gasteiger charge is 2.08. The van der Waals surface area contributed by atoms with Crippen molar-refractivity contribution < 1.29 is 9.53 Å². The molecule has 0 bridgehead atoms. The van der Waals surface area contributed by atoms with Crippen LogP contribution >= 0.6 is 0 Å². The largest absolute Gasteiger partial charge is 0.383 e. The van der Waals surface area contributed by atoms with Crippen LogP contribution in [0.5, 0.6) is 0 Å². The Bertz CT molecular complexity index is 380. The third-order valence-electron chi connectivity index (χ3n) is 2.83. The van der Waals surface area contributed by atoms with E-state index in [1.54, 1.807) is 7.11 Å². The van der Waals surface area contributed by atoms with Gasteiger partial charge in [-0.3, -0.25) is 4.79 Å². The minimum absolute atomic E-state index is 0.0288. The van der Waals surface area contributed by atoms with Gasteiger partial charge in [0.15, 0.2) is 0 Å². The van der Waals surface area contributed by atoms with Crippen LogP contribution in [0, 0.1) is 6.92 Å². The van der Waals surface area contributed by atoms with Gasteiger partial charge in [-0.15, -0.1) is 0 Å². The maximum Gasteiger partial charge on any atom is 0.238 e. The average Bonchev–Trinajstić information content (AvgIpc) is 2.37. The topological polar surface area (TPSA) is 50.4 Å². The first kappa shape index (κ1) is 14.7. The summed E-state index contributed by atoms with van der Waals surface area (Å²) in [4.78, 5) is 11.8. The van der Waals surface area contributed by atoms with Gasteiger partial charge >= 0.3 is 0 Å². The second-order valence-corrected chi connectivity index (χ2v) is 4.30. The van der Waals surface area contributed by atoms with Crippen molar-refractivity contribution in [2.24, 2.45) is 0 Å². The molecule has 0 fully saturated rings. The molecule has 18 heavy (non-hydrogen) atoms. The average molecular weight is 250 g/mol. The Labute approximate surface area is 109 Å². The number of para-hydroxylation sites is 1. The first-order valence-corrected chi connectivity index (χ1v) is 6.25. The summed E-state index contributed by atoms with van der Waals surface area (Å²) in [5, 5.41) is 6.06. The molecule has 0 heterocycles. The summed E-state index contributed by atoms with van der Waals surface area (Å²) in [6, 6.07) is 7.96. The van der Waals surface area contributed by atoms with E-state index in [1.165, 1.54) is 0 Å². The maximum absolute atomic E-state index is 11.8. The first-order chi connectivity index (χ1) is 8.67. The van der Waals surface area contributed by atoms with Gasteiger partial charge in [0.1, 0.15) is 0 Å². The van der Waals surface area contributed by atoms with Crippen LogP contribution in [0.2, 0.25) is 0 Å². The van der Waals surface area contributed by atoms with Gasteiger partial charge in [-0.05, 0) is 25.0 Å². The lowest BCUT2D eigenvalue weighted by Gasteiger charge is -2.16. The van der Waals surface area contributed by atoms with Crippen LogP contribution in [-0.4, -0.2) is 32.2 Å². The number of anilines is 1. The van der Waals surface area contributed by atoms with Crippen molar-refractivity contribution in [1.82, 2.24) is 5.32 Å². The lowest BCUT2D eigenvalue weighted by molar-refractivity contribution is -0.115. The van der Waals surface area contributed by atoms with Crippen LogP contribution in [-0.2, 0) is 9.53 Å². The number of methoxy groups -OCH3 is 1. The van der Waals surface area contributed by atoms with Crippen molar-refractivity contribution in [1.29, 1.82) is 0 Å². The molecule has 4 heteroatoms. The van der Waals surface area contributed by atoms with E-state index in [0.717, 1.165) is 17.7 Å². The molecule has 0 aromatic heterocycles. The Hall–Kier alpha value is -1.39. The summed E-state index contributed by atoms with van der Waals surface area (Å²) in [6.45, 7) is 4.96. The predicted molar refractivity (Wildman–Crippen MR) is 73.8 cm³/mol. The summed E-state index contributed by atoms with van der Waals surface area (Å²) in [5.41, 5.74) is 1.93. The molecule has 0 aliphatic rings. The highest BCUT2D eigenvalue weighted by molar-refractivity contribution is 5.92. The number of hydrogen-bond acceptors (Lipinski definition) is 3. The zero-order chi connectivity index (χ0) is 13.4. The zero-order valence-electron chi connectivity index (χ0n) is 11.3. The van der Waals surface area contributed by atoms with Crippen molar-refractivity contribution in [3.05, 3.63) is 29.8 Å². The Morgan fingerprint density at radius 3 is 2.72 bits per heavy atom. The van der Waals surface area contributed by atoms with E-state index in [1.807, 2.05) is 31.2 Å². The van der Waals surface area contributed by atoms with Crippen molar-refractivity contribution in [3.63, 3.8) is 0 Å². The van der Waals surface area contributed by atoms with Crippen molar-refractivity contribution in [3.8, 4) is 0 Å². The number of nitrogens with one attached hydrogen (secondary N) is 2. The summed E-state index contributed by atoms with van der Waals surface area (Å²) >= 11 is 0. The Balaban J connectivity index is 2.40. The number of amides is 1. The number of aryl methyl sites for hydroxylation is 1. The van der Waals surface area contributed by atoms with Gasteiger partial charge in [-0.1, -0.05) is 25.1 Å². The molecule has 2 N–H and O–H groups in total. The quantitative estimate of drug-likeness (QED) is 0.777. The normalized spacial score (nSPS) is 12.2. The number of ether oxygens (including phenoxy) is 1. The standard InChI is InChI=1S/C14H22N2O2/c1-4-12(10-18-3)15-9-14(17)16-13-8-6-5-7-11(13)2/h5-8,12,15H,4,9-10H2,1-3H3,(H,16,17). The SMILES string of the molecule is CCC(COC)NCC(=O)Nc1ccccc1C. The highest BCUT2D eigenvalue weighted by atomic mass is 16.5. The lowest BCUT2D eigenvalue weighted by atomic mass is 10.2. The number of benzene rings is 1. The van der Waals surface area contributed by atoms with Gasteiger partial charge in [0, 0.05) is 18.8 Å². The van der Waals surface area contributed by atoms with Gasteiger partial charge in [0.05, 0.1) is 13.2 Å². The van der Waals surface area contributed by atoms with Crippen molar-refractivity contribution in [2.75, 3.05) is 25.6 Å². The van der Waals surface area contributed by atoms with Crippen LogP contribution in [0.15, 0.2) is 24.3 Å². The second-order valence-electron chi connectivity index (χ2n) is 4.30. The van der Waals surface area contributed by atoms with Gasteiger partial charge in [-0.2, -0.15) is 0 Å². The van der Waals surface area contributed by atoms with Crippen LogP contribution in [0.3, 0.4) is 0 Å². The first-order valence-electron chi connectivity index (χ1n) is 6.25. The number of hydrogen-bond donors (Lipinski definition) is 2. The number of rotatable bonds is 7. The van der Waals surface area contributed by atoms with Crippen molar-refractivity contribution in [2.45, 2.75) is 26.3 Å². The summed E-state index contributed by atoms with van der Waals surface area (Å²) < 4.78 is 5.07. The minimum atomic E-state index is -0.0288. The van der Waals surface area contributed by atoms with E-state index in [0.29, 0.717) is 13.2 Å². The van der Waals surface area contributed by atoms with Gasteiger partial charge in [0.2, 0.25) is 5.91 Å². The maximum atomic E-state index is 11.8. The molecule has 1 rings (SSSR count). The Kier molecular flexibility index (Phi) is 6.39. The molecule has 100 valence electrons. The molecule has 0 spiro atoms. The Morgan fingerprint density at radius 1 is 1.39 bits per heavy atom. The highest BCUT2D eigenvalue weighted by Crippen LogP contribution is 2.12. The van der Waals surface area contributed by atoms with Gasteiger partial charge in [-0.25, -0.2) is 0 Å². The van der Waals surface area contributed by atoms with Gasteiger partial charge in [0.25, 0.3) is 0 Å². The Morgan fingerprint density at radius 2 is 2.11 bits per heavy atom. The number of carbonyl (C=O) groups is 1. The summed E-state index contributed by atoms with van der Waals surface area (Å²) in [6.07, 6.45) is 0.936. The molecular formula is C14H22N2O2.